The molecule has 0 bridgehead atoms. The van der Waals surface area contributed by atoms with Gasteiger partial charge in [0.05, 0.1) is 36.5 Å². The molecular weight excluding hydrogens is 487 g/mol. The molecular formula is C20H31IN4O2S. The van der Waals surface area contributed by atoms with Crippen LogP contribution in [0.1, 0.15) is 50.0 Å². The molecule has 2 N–H and O–H groups in total. The Morgan fingerprint density at radius 3 is 2.50 bits per heavy atom. The highest BCUT2D eigenvalue weighted by atomic mass is 127. The van der Waals surface area contributed by atoms with Crippen molar-refractivity contribution >= 4 is 41.3 Å². The number of benzene rings is 1. The third-order valence-corrected chi connectivity index (χ3v) is 5.02. The lowest BCUT2D eigenvalue weighted by atomic mass is 10.1. The van der Waals surface area contributed by atoms with E-state index in [4.69, 9.17) is 9.47 Å². The maximum atomic E-state index is 5.72. The minimum Gasteiger partial charge on any atom is -0.490 e. The standard InChI is InChI=1S/C20H30N4O2S.HI/c1-6-19-24-16(13-27-19)12-22-20(21-5)23-14(4)15-9-10-17(25-7-2)18(11-15)26-8-3;/h9-11,13-14H,6-8,12H2,1-5H3,(H2,21,22,23);1H. The van der Waals surface area contributed by atoms with Gasteiger partial charge in [-0.25, -0.2) is 4.98 Å². The average molecular weight is 518 g/mol. The van der Waals surface area contributed by atoms with Crippen molar-refractivity contribution in [2.24, 2.45) is 4.99 Å². The number of ether oxygens (including phenoxy) is 2. The number of nitrogens with zero attached hydrogens (tertiary/aromatic N) is 2. The van der Waals surface area contributed by atoms with Crippen LogP contribution < -0.4 is 20.1 Å². The van der Waals surface area contributed by atoms with E-state index in [0.29, 0.717) is 19.8 Å². The summed E-state index contributed by atoms with van der Waals surface area (Å²) in [6.07, 6.45) is 0.967. The molecule has 0 amide bonds. The molecule has 0 saturated heterocycles. The van der Waals surface area contributed by atoms with E-state index in [1.165, 1.54) is 0 Å². The van der Waals surface area contributed by atoms with E-state index in [0.717, 1.165) is 40.1 Å². The highest BCUT2D eigenvalue weighted by Gasteiger charge is 2.12. The molecule has 0 radical (unpaired) electrons. The lowest BCUT2D eigenvalue weighted by Gasteiger charge is -2.20. The topological polar surface area (TPSA) is 67.8 Å². The number of guanidine groups is 1. The second-order valence-electron chi connectivity index (χ2n) is 5.95. The molecule has 1 aromatic heterocycles. The van der Waals surface area contributed by atoms with Crippen molar-refractivity contribution in [1.82, 2.24) is 15.6 Å². The molecule has 28 heavy (non-hydrogen) atoms. The number of thiazole rings is 1. The van der Waals surface area contributed by atoms with Crippen molar-refractivity contribution in [3.8, 4) is 11.5 Å². The van der Waals surface area contributed by atoms with Crippen molar-refractivity contribution in [3.63, 3.8) is 0 Å². The van der Waals surface area contributed by atoms with Crippen LogP contribution in [0.3, 0.4) is 0 Å². The van der Waals surface area contributed by atoms with Gasteiger partial charge >= 0.3 is 0 Å². The fraction of sp³-hybridized carbons (Fsp3) is 0.500. The van der Waals surface area contributed by atoms with E-state index < -0.39 is 0 Å². The van der Waals surface area contributed by atoms with Gasteiger partial charge in [-0.1, -0.05) is 13.0 Å². The summed E-state index contributed by atoms with van der Waals surface area (Å²) in [7, 11) is 1.77. The highest BCUT2D eigenvalue weighted by Crippen LogP contribution is 2.30. The molecule has 8 heteroatoms. The zero-order valence-corrected chi connectivity index (χ0v) is 20.4. The van der Waals surface area contributed by atoms with E-state index in [1.807, 2.05) is 32.0 Å². The molecule has 1 aromatic carbocycles. The Labute approximate surface area is 189 Å². The number of hydrogen-bond acceptors (Lipinski definition) is 5. The lowest BCUT2D eigenvalue weighted by molar-refractivity contribution is 0.287. The minimum atomic E-state index is 0. The van der Waals surface area contributed by atoms with E-state index in [1.54, 1.807) is 18.4 Å². The summed E-state index contributed by atoms with van der Waals surface area (Å²) >= 11 is 1.69. The number of aliphatic imine (C=N–C) groups is 1. The molecule has 0 spiro atoms. The number of halogens is 1. The molecule has 0 aliphatic heterocycles. The predicted octanol–water partition coefficient (Wildman–Crippen LogP) is 4.55. The van der Waals surface area contributed by atoms with Gasteiger partial charge in [0, 0.05) is 12.4 Å². The number of aryl methyl sites for hydroxylation is 1. The Hall–Kier alpha value is -1.55. The molecule has 0 aliphatic rings. The first-order chi connectivity index (χ1) is 13.1. The molecule has 156 valence electrons. The maximum absolute atomic E-state index is 5.72. The SMILES string of the molecule is CCOc1ccc(C(C)NC(=NC)NCc2csc(CC)n2)cc1OCC.I. The van der Waals surface area contributed by atoms with Gasteiger partial charge in [0.25, 0.3) is 0 Å². The fourth-order valence-electron chi connectivity index (χ4n) is 2.59. The van der Waals surface area contributed by atoms with Crippen LogP contribution in [0.4, 0.5) is 0 Å². The van der Waals surface area contributed by atoms with Gasteiger partial charge in [-0.2, -0.15) is 0 Å². The van der Waals surface area contributed by atoms with E-state index >= 15 is 0 Å². The summed E-state index contributed by atoms with van der Waals surface area (Å²) in [5.41, 5.74) is 2.14. The Bertz CT molecular complexity index is 752. The molecule has 1 unspecified atom stereocenters. The predicted molar refractivity (Wildman–Crippen MR) is 127 cm³/mol. The number of rotatable bonds is 9. The van der Waals surface area contributed by atoms with Crippen LogP contribution in [-0.2, 0) is 13.0 Å². The molecule has 0 saturated carbocycles. The minimum absolute atomic E-state index is 0. The molecule has 0 aliphatic carbocycles. The smallest absolute Gasteiger partial charge is 0.191 e. The van der Waals surface area contributed by atoms with Gasteiger partial charge in [-0.05, 0) is 44.9 Å². The molecule has 1 heterocycles. The number of aromatic nitrogens is 1. The second-order valence-corrected chi connectivity index (χ2v) is 6.89. The monoisotopic (exact) mass is 518 g/mol. The first-order valence-electron chi connectivity index (χ1n) is 9.41. The van der Waals surface area contributed by atoms with Crippen LogP contribution in [0, 0.1) is 0 Å². The van der Waals surface area contributed by atoms with Crippen LogP contribution in [0.25, 0.3) is 0 Å². The largest absolute Gasteiger partial charge is 0.490 e. The Morgan fingerprint density at radius 1 is 1.18 bits per heavy atom. The van der Waals surface area contributed by atoms with Gasteiger partial charge in [0.2, 0.25) is 0 Å². The molecule has 2 aromatic rings. The van der Waals surface area contributed by atoms with Crippen molar-refractivity contribution in [2.75, 3.05) is 20.3 Å². The van der Waals surface area contributed by atoms with Crippen LogP contribution in [0.2, 0.25) is 0 Å². The Balaban J connectivity index is 0.00000392. The summed E-state index contributed by atoms with van der Waals surface area (Å²) in [5.74, 6) is 2.27. The van der Waals surface area contributed by atoms with Gasteiger partial charge in [0.15, 0.2) is 17.5 Å². The van der Waals surface area contributed by atoms with Crippen molar-refractivity contribution in [3.05, 3.63) is 39.8 Å². The van der Waals surface area contributed by atoms with Crippen LogP contribution >= 0.6 is 35.3 Å². The quantitative estimate of drug-likeness (QED) is 0.290. The lowest BCUT2D eigenvalue weighted by Crippen LogP contribution is -2.38. The van der Waals surface area contributed by atoms with E-state index in [-0.39, 0.29) is 30.0 Å². The van der Waals surface area contributed by atoms with E-state index in [9.17, 15) is 0 Å². The van der Waals surface area contributed by atoms with Gasteiger partial charge in [0.1, 0.15) is 0 Å². The second kappa shape index (κ2) is 12.8. The normalized spacial score (nSPS) is 12.1. The first-order valence-corrected chi connectivity index (χ1v) is 10.3. The van der Waals surface area contributed by atoms with Crippen LogP contribution in [-0.4, -0.2) is 31.2 Å². The molecule has 1 atom stereocenters. The van der Waals surface area contributed by atoms with E-state index in [2.05, 4.69) is 39.8 Å². The maximum Gasteiger partial charge on any atom is 0.191 e. The summed E-state index contributed by atoms with van der Waals surface area (Å²) < 4.78 is 11.4. The third kappa shape index (κ3) is 7.12. The van der Waals surface area contributed by atoms with Gasteiger partial charge in [-0.15, -0.1) is 35.3 Å². The summed E-state index contributed by atoms with van der Waals surface area (Å²) in [6.45, 7) is 10.0. The zero-order chi connectivity index (χ0) is 19.6. The molecule has 6 nitrogen and oxygen atoms in total. The van der Waals surface area contributed by atoms with Crippen molar-refractivity contribution in [2.45, 2.75) is 46.7 Å². The van der Waals surface area contributed by atoms with Crippen LogP contribution in [0.5, 0.6) is 11.5 Å². The Kier molecular flexibility index (Phi) is 11.2. The number of nitrogens with one attached hydrogen (secondary N) is 2. The fourth-order valence-corrected chi connectivity index (χ4v) is 3.33. The van der Waals surface area contributed by atoms with Gasteiger partial charge in [-0.3, -0.25) is 4.99 Å². The van der Waals surface area contributed by atoms with Crippen LogP contribution in [0.15, 0.2) is 28.6 Å². The summed E-state index contributed by atoms with van der Waals surface area (Å²) in [4.78, 5) is 8.89. The summed E-state index contributed by atoms with van der Waals surface area (Å²) in [5, 5.41) is 9.98. The van der Waals surface area contributed by atoms with Crippen molar-refractivity contribution < 1.29 is 9.47 Å². The van der Waals surface area contributed by atoms with Crippen molar-refractivity contribution in [1.29, 1.82) is 0 Å². The Morgan fingerprint density at radius 2 is 1.89 bits per heavy atom. The highest BCUT2D eigenvalue weighted by molar-refractivity contribution is 14.0. The first kappa shape index (κ1) is 24.5. The third-order valence-electron chi connectivity index (χ3n) is 3.98. The van der Waals surface area contributed by atoms with Gasteiger partial charge < -0.3 is 20.1 Å². The molecule has 2 rings (SSSR count). The average Bonchev–Trinajstić information content (AvgIpc) is 3.14. The number of hydrogen-bond donors (Lipinski definition) is 2. The summed E-state index contributed by atoms with van der Waals surface area (Å²) in [6, 6.07) is 6.09. The zero-order valence-electron chi connectivity index (χ0n) is 17.2. The molecule has 0 fully saturated rings.